The molecule has 0 fully saturated rings. The summed E-state index contributed by atoms with van der Waals surface area (Å²) < 4.78 is 10.1. The molecule has 0 aliphatic carbocycles. The number of esters is 1. The molecule has 0 bridgehead atoms. The third kappa shape index (κ3) is 5.45. The average molecular weight is 424 g/mol. The predicted octanol–water partition coefficient (Wildman–Crippen LogP) is 4.11. The van der Waals surface area contributed by atoms with Crippen molar-refractivity contribution in [3.8, 4) is 5.75 Å². The Bertz CT molecular complexity index is 1040. The summed E-state index contributed by atoms with van der Waals surface area (Å²) in [7, 11) is 1.57. The first-order valence-electron chi connectivity index (χ1n) is 9.03. The molecule has 2 amide bonds. The lowest BCUT2D eigenvalue weighted by atomic mass is 10.2. The number of nitrogens with one attached hydrogen (secondary N) is 2. The second-order valence-electron chi connectivity index (χ2n) is 6.32. The summed E-state index contributed by atoms with van der Waals surface area (Å²) in [5.74, 6) is -0.571. The second-order valence-corrected chi connectivity index (χ2v) is 7.23. The molecule has 154 valence electrons. The highest BCUT2D eigenvalue weighted by Crippen LogP contribution is 2.18. The van der Waals surface area contributed by atoms with Gasteiger partial charge in [-0.2, -0.15) is 0 Å². The molecule has 0 aliphatic heterocycles. The van der Waals surface area contributed by atoms with Crippen LogP contribution in [-0.2, 0) is 9.53 Å². The maximum Gasteiger partial charge on any atom is 0.349 e. The van der Waals surface area contributed by atoms with Gasteiger partial charge in [-0.1, -0.05) is 0 Å². The van der Waals surface area contributed by atoms with Crippen molar-refractivity contribution >= 4 is 40.5 Å². The summed E-state index contributed by atoms with van der Waals surface area (Å²) in [5, 5.41) is 7.20. The molecular weight excluding hydrogens is 404 g/mol. The normalized spacial score (nSPS) is 10.2. The first-order valence-corrected chi connectivity index (χ1v) is 9.91. The van der Waals surface area contributed by atoms with Gasteiger partial charge in [0.2, 0.25) is 0 Å². The number of amides is 2. The molecule has 2 aromatic carbocycles. The van der Waals surface area contributed by atoms with Crippen molar-refractivity contribution in [1.82, 2.24) is 0 Å². The van der Waals surface area contributed by atoms with Crippen molar-refractivity contribution in [3.63, 3.8) is 0 Å². The van der Waals surface area contributed by atoms with Gasteiger partial charge in [0.15, 0.2) is 6.61 Å². The van der Waals surface area contributed by atoms with Crippen molar-refractivity contribution in [2.24, 2.45) is 0 Å². The first-order chi connectivity index (χ1) is 14.5. The number of aryl methyl sites for hydroxylation is 1. The third-order valence-electron chi connectivity index (χ3n) is 4.16. The number of anilines is 2. The number of rotatable bonds is 7. The van der Waals surface area contributed by atoms with Crippen LogP contribution >= 0.6 is 11.3 Å². The average Bonchev–Trinajstić information content (AvgIpc) is 3.19. The van der Waals surface area contributed by atoms with E-state index in [1.54, 1.807) is 67.9 Å². The molecule has 1 heterocycles. The highest BCUT2D eigenvalue weighted by atomic mass is 32.1. The third-order valence-corrected chi connectivity index (χ3v) is 5.16. The molecule has 0 aliphatic rings. The van der Waals surface area contributed by atoms with Crippen LogP contribution in [0.25, 0.3) is 0 Å². The van der Waals surface area contributed by atoms with Crippen molar-refractivity contribution in [1.29, 1.82) is 0 Å². The topological polar surface area (TPSA) is 93.7 Å². The molecule has 30 heavy (non-hydrogen) atoms. The minimum Gasteiger partial charge on any atom is -0.497 e. The smallest absolute Gasteiger partial charge is 0.349 e. The summed E-state index contributed by atoms with van der Waals surface area (Å²) in [6.07, 6.45) is 0. The first kappa shape index (κ1) is 21.1. The molecule has 0 radical (unpaired) electrons. The zero-order valence-electron chi connectivity index (χ0n) is 16.4. The van der Waals surface area contributed by atoms with E-state index in [0.29, 0.717) is 27.6 Å². The van der Waals surface area contributed by atoms with Gasteiger partial charge in [-0.15, -0.1) is 11.3 Å². The van der Waals surface area contributed by atoms with Gasteiger partial charge < -0.3 is 20.1 Å². The van der Waals surface area contributed by atoms with Gasteiger partial charge >= 0.3 is 5.97 Å². The lowest BCUT2D eigenvalue weighted by Gasteiger charge is -2.08. The lowest BCUT2D eigenvalue weighted by Crippen LogP contribution is -2.21. The van der Waals surface area contributed by atoms with Crippen molar-refractivity contribution < 1.29 is 23.9 Å². The molecule has 1 aromatic heterocycles. The Morgan fingerprint density at radius 2 is 1.53 bits per heavy atom. The van der Waals surface area contributed by atoms with Crippen LogP contribution in [0.4, 0.5) is 11.4 Å². The van der Waals surface area contributed by atoms with Crippen LogP contribution < -0.4 is 15.4 Å². The SMILES string of the molecule is COc1ccc(NC(=O)c2ccc(NC(=O)COC(=O)c3sccc3C)cc2)cc1. The number of carbonyl (C=O) groups excluding carboxylic acids is 3. The summed E-state index contributed by atoms with van der Waals surface area (Å²) in [6.45, 7) is 1.41. The van der Waals surface area contributed by atoms with E-state index >= 15 is 0 Å². The van der Waals surface area contributed by atoms with Crippen LogP contribution in [0.5, 0.6) is 5.75 Å². The predicted molar refractivity (Wildman–Crippen MR) is 115 cm³/mol. The number of ether oxygens (including phenoxy) is 2. The molecule has 7 nitrogen and oxygen atoms in total. The van der Waals surface area contributed by atoms with Gasteiger partial charge in [0.25, 0.3) is 11.8 Å². The Balaban J connectivity index is 1.50. The van der Waals surface area contributed by atoms with E-state index in [9.17, 15) is 14.4 Å². The summed E-state index contributed by atoms with van der Waals surface area (Å²) >= 11 is 1.27. The minimum absolute atomic E-state index is 0.279. The van der Waals surface area contributed by atoms with Crippen molar-refractivity contribution in [2.75, 3.05) is 24.4 Å². The summed E-state index contributed by atoms with van der Waals surface area (Å²) in [5.41, 5.74) is 2.38. The highest BCUT2D eigenvalue weighted by Gasteiger charge is 2.14. The van der Waals surface area contributed by atoms with Crippen molar-refractivity contribution in [2.45, 2.75) is 6.92 Å². The summed E-state index contributed by atoms with van der Waals surface area (Å²) in [4.78, 5) is 36.8. The molecule has 0 atom stereocenters. The van der Waals surface area contributed by atoms with Gasteiger partial charge in [0.1, 0.15) is 10.6 Å². The number of carbonyl (C=O) groups is 3. The molecule has 3 aromatic rings. The number of thiophene rings is 1. The Kier molecular flexibility index (Phi) is 6.82. The van der Waals surface area contributed by atoms with E-state index in [2.05, 4.69) is 10.6 Å². The fourth-order valence-electron chi connectivity index (χ4n) is 2.56. The van der Waals surface area contributed by atoms with Gasteiger partial charge in [0, 0.05) is 16.9 Å². The molecule has 3 rings (SSSR count). The molecule has 0 saturated carbocycles. The molecule has 2 N–H and O–H groups in total. The number of methoxy groups -OCH3 is 1. The van der Waals surface area contributed by atoms with Gasteiger partial charge in [-0.05, 0) is 72.5 Å². The Hall–Kier alpha value is -3.65. The fourth-order valence-corrected chi connectivity index (χ4v) is 3.38. The minimum atomic E-state index is -0.525. The fraction of sp³-hybridized carbons (Fsp3) is 0.136. The quantitative estimate of drug-likeness (QED) is 0.557. The van der Waals surface area contributed by atoms with E-state index in [1.165, 1.54) is 11.3 Å². The van der Waals surface area contributed by atoms with Crippen LogP contribution in [0.15, 0.2) is 60.0 Å². The van der Waals surface area contributed by atoms with Gasteiger partial charge in [0.05, 0.1) is 7.11 Å². The lowest BCUT2D eigenvalue weighted by molar-refractivity contribution is -0.119. The van der Waals surface area contributed by atoms with Gasteiger partial charge in [-0.25, -0.2) is 4.79 Å². The maximum atomic E-state index is 12.3. The molecule has 0 spiro atoms. The zero-order valence-corrected chi connectivity index (χ0v) is 17.2. The van der Waals surface area contributed by atoms with E-state index < -0.39 is 18.5 Å². The molecule has 0 saturated heterocycles. The van der Waals surface area contributed by atoms with E-state index in [-0.39, 0.29) is 5.91 Å². The van der Waals surface area contributed by atoms with E-state index in [4.69, 9.17) is 9.47 Å². The van der Waals surface area contributed by atoms with E-state index in [0.717, 1.165) is 5.56 Å². The van der Waals surface area contributed by atoms with Crippen LogP contribution in [0.1, 0.15) is 25.6 Å². The molecule has 8 heteroatoms. The number of hydrogen-bond acceptors (Lipinski definition) is 6. The monoisotopic (exact) mass is 424 g/mol. The standard InChI is InChI=1S/C22H20N2O5S/c1-14-11-12-30-20(14)22(27)29-13-19(25)23-16-5-3-15(4-6-16)21(26)24-17-7-9-18(28-2)10-8-17/h3-12H,13H2,1-2H3,(H,23,25)(H,24,26). The van der Waals surface area contributed by atoms with Crippen LogP contribution in [0, 0.1) is 6.92 Å². The largest absolute Gasteiger partial charge is 0.497 e. The van der Waals surface area contributed by atoms with Gasteiger partial charge in [-0.3, -0.25) is 9.59 Å². The van der Waals surface area contributed by atoms with Crippen LogP contribution in [-0.4, -0.2) is 31.5 Å². The number of hydrogen-bond donors (Lipinski definition) is 2. The Morgan fingerprint density at radius 3 is 2.13 bits per heavy atom. The Labute approximate surface area is 177 Å². The van der Waals surface area contributed by atoms with Crippen molar-refractivity contribution in [3.05, 3.63) is 76.0 Å². The Morgan fingerprint density at radius 1 is 0.900 bits per heavy atom. The van der Waals surface area contributed by atoms with Crippen LogP contribution in [0.3, 0.4) is 0 Å². The molecular formula is C22H20N2O5S. The zero-order chi connectivity index (χ0) is 21.5. The molecule has 0 unspecified atom stereocenters. The number of benzene rings is 2. The second kappa shape index (κ2) is 9.71. The summed E-state index contributed by atoms with van der Waals surface area (Å²) in [6, 6.07) is 15.2. The van der Waals surface area contributed by atoms with Crippen LogP contribution in [0.2, 0.25) is 0 Å². The highest BCUT2D eigenvalue weighted by molar-refractivity contribution is 7.12. The van der Waals surface area contributed by atoms with E-state index in [1.807, 2.05) is 6.07 Å². The maximum absolute atomic E-state index is 12.3.